The summed E-state index contributed by atoms with van der Waals surface area (Å²) in [5, 5.41) is 2.86. The van der Waals surface area contributed by atoms with Crippen molar-refractivity contribution in [3.8, 4) is 17.2 Å². The molecule has 1 heterocycles. The van der Waals surface area contributed by atoms with E-state index in [1.807, 2.05) is 0 Å². The van der Waals surface area contributed by atoms with Crippen LogP contribution in [-0.4, -0.2) is 26.2 Å². The number of carbonyl (C=O) groups excluding carboxylic acids is 1. The highest BCUT2D eigenvalue weighted by atomic mass is 79.9. The summed E-state index contributed by atoms with van der Waals surface area (Å²) in [4.78, 5) is 12.5. The molecule has 1 amide bonds. The highest BCUT2D eigenvalue weighted by molar-refractivity contribution is 9.11. The van der Waals surface area contributed by atoms with E-state index < -0.39 is 0 Å². The first-order valence-corrected chi connectivity index (χ1v) is 8.41. The summed E-state index contributed by atoms with van der Waals surface area (Å²) in [6.07, 6.45) is 0. The molecule has 2 aromatic carbocycles. The predicted molar refractivity (Wildman–Crippen MR) is 93.8 cm³/mol. The molecular weight excluding hydrogens is 430 g/mol. The number of rotatable bonds is 3. The Morgan fingerprint density at radius 3 is 2.48 bits per heavy atom. The van der Waals surface area contributed by atoms with Crippen molar-refractivity contribution in [1.82, 2.24) is 0 Å². The molecule has 1 aliphatic heterocycles. The molecule has 23 heavy (non-hydrogen) atoms. The topological polar surface area (TPSA) is 56.8 Å². The number of hydrogen-bond donors (Lipinski definition) is 1. The molecule has 0 aromatic heterocycles. The van der Waals surface area contributed by atoms with Crippen molar-refractivity contribution in [2.45, 2.75) is 0 Å². The molecule has 1 aliphatic rings. The zero-order valence-corrected chi connectivity index (χ0v) is 15.4. The molecule has 120 valence electrons. The summed E-state index contributed by atoms with van der Waals surface area (Å²) >= 11 is 6.82. The maximum absolute atomic E-state index is 12.5. The molecule has 7 heteroatoms. The number of ether oxygens (including phenoxy) is 3. The predicted octanol–water partition coefficient (Wildman–Crippen LogP) is 4.24. The van der Waals surface area contributed by atoms with E-state index in [4.69, 9.17) is 14.2 Å². The third-order valence-electron chi connectivity index (χ3n) is 3.30. The first-order chi connectivity index (χ1) is 11.1. The van der Waals surface area contributed by atoms with E-state index in [-0.39, 0.29) is 5.91 Å². The maximum atomic E-state index is 12.5. The first-order valence-electron chi connectivity index (χ1n) is 6.82. The molecule has 0 bridgehead atoms. The van der Waals surface area contributed by atoms with Gasteiger partial charge in [-0.3, -0.25) is 4.79 Å². The second-order valence-electron chi connectivity index (χ2n) is 4.78. The Bertz CT molecular complexity index is 764. The van der Waals surface area contributed by atoms with Crippen molar-refractivity contribution in [2.75, 3.05) is 25.6 Å². The van der Waals surface area contributed by atoms with Gasteiger partial charge in [-0.05, 0) is 50.1 Å². The van der Waals surface area contributed by atoms with Crippen LogP contribution >= 0.6 is 31.9 Å². The van der Waals surface area contributed by atoms with Crippen LogP contribution in [0.5, 0.6) is 17.2 Å². The molecule has 0 saturated carbocycles. The van der Waals surface area contributed by atoms with Crippen molar-refractivity contribution >= 4 is 43.5 Å². The fourth-order valence-corrected chi connectivity index (χ4v) is 3.00. The van der Waals surface area contributed by atoms with Crippen molar-refractivity contribution < 1.29 is 19.0 Å². The minimum absolute atomic E-state index is 0.256. The fraction of sp³-hybridized carbons (Fsp3) is 0.188. The number of nitrogens with one attached hydrogen (secondary N) is 1. The van der Waals surface area contributed by atoms with Gasteiger partial charge in [-0.1, -0.05) is 0 Å². The summed E-state index contributed by atoms with van der Waals surface area (Å²) in [5.74, 6) is 1.62. The van der Waals surface area contributed by atoms with E-state index in [9.17, 15) is 4.79 Å². The van der Waals surface area contributed by atoms with Crippen molar-refractivity contribution in [3.05, 3.63) is 44.8 Å². The van der Waals surface area contributed by atoms with E-state index in [1.54, 1.807) is 37.4 Å². The van der Waals surface area contributed by atoms with E-state index in [1.165, 1.54) is 0 Å². The van der Waals surface area contributed by atoms with Crippen LogP contribution in [0.25, 0.3) is 0 Å². The van der Waals surface area contributed by atoms with Crippen LogP contribution in [0.3, 0.4) is 0 Å². The van der Waals surface area contributed by atoms with Crippen LogP contribution in [0, 0.1) is 0 Å². The van der Waals surface area contributed by atoms with Gasteiger partial charge in [0.25, 0.3) is 5.91 Å². The van der Waals surface area contributed by atoms with E-state index in [0.717, 1.165) is 0 Å². The third-order valence-corrected chi connectivity index (χ3v) is 4.65. The number of benzene rings is 2. The van der Waals surface area contributed by atoms with Crippen molar-refractivity contribution in [3.63, 3.8) is 0 Å². The summed E-state index contributed by atoms with van der Waals surface area (Å²) in [6.45, 7) is 1.01. The van der Waals surface area contributed by atoms with Gasteiger partial charge in [0, 0.05) is 21.1 Å². The lowest BCUT2D eigenvalue weighted by molar-refractivity contribution is 0.102. The standard InChI is InChI=1S/C16H13Br2NO4/c1-21-9-2-3-11(17)10(6-9)16(20)19-13-8-15-14(7-12(13)18)22-4-5-23-15/h2-3,6-8H,4-5H2,1H3,(H,19,20). The smallest absolute Gasteiger partial charge is 0.256 e. The largest absolute Gasteiger partial charge is 0.497 e. The Kier molecular flexibility index (Phi) is 4.77. The summed E-state index contributed by atoms with van der Waals surface area (Å²) in [7, 11) is 1.56. The summed E-state index contributed by atoms with van der Waals surface area (Å²) in [5.41, 5.74) is 1.08. The maximum Gasteiger partial charge on any atom is 0.256 e. The molecule has 0 spiro atoms. The van der Waals surface area contributed by atoms with Crippen LogP contribution in [0.4, 0.5) is 5.69 Å². The zero-order valence-electron chi connectivity index (χ0n) is 12.2. The van der Waals surface area contributed by atoms with Crippen LogP contribution in [0.15, 0.2) is 39.3 Å². The summed E-state index contributed by atoms with van der Waals surface area (Å²) < 4.78 is 17.6. The number of carbonyl (C=O) groups is 1. The lowest BCUT2D eigenvalue weighted by Gasteiger charge is -2.20. The molecule has 0 atom stereocenters. The van der Waals surface area contributed by atoms with Crippen LogP contribution in [-0.2, 0) is 0 Å². The quantitative estimate of drug-likeness (QED) is 0.772. The first kappa shape index (κ1) is 16.1. The molecule has 3 rings (SSSR count). The monoisotopic (exact) mass is 441 g/mol. The molecule has 0 radical (unpaired) electrons. The molecule has 1 N–H and O–H groups in total. The minimum Gasteiger partial charge on any atom is -0.497 e. The van der Waals surface area contributed by atoms with E-state index >= 15 is 0 Å². The van der Waals surface area contributed by atoms with Gasteiger partial charge in [0.2, 0.25) is 0 Å². The fourth-order valence-electron chi connectivity index (χ4n) is 2.15. The van der Waals surface area contributed by atoms with Crippen molar-refractivity contribution in [2.24, 2.45) is 0 Å². The normalized spacial score (nSPS) is 12.7. The second kappa shape index (κ2) is 6.80. The number of anilines is 1. The highest BCUT2D eigenvalue weighted by Gasteiger charge is 2.18. The molecular formula is C16H13Br2NO4. The Balaban J connectivity index is 1.88. The number of hydrogen-bond acceptors (Lipinski definition) is 4. The molecule has 5 nitrogen and oxygen atoms in total. The van der Waals surface area contributed by atoms with Gasteiger partial charge in [0.15, 0.2) is 11.5 Å². The van der Waals surface area contributed by atoms with Crippen molar-refractivity contribution in [1.29, 1.82) is 0 Å². The number of methoxy groups -OCH3 is 1. The van der Waals surface area contributed by atoms with Gasteiger partial charge in [0.1, 0.15) is 19.0 Å². The Hall–Kier alpha value is -1.73. The molecule has 0 aliphatic carbocycles. The van der Waals surface area contributed by atoms with E-state index in [2.05, 4.69) is 37.2 Å². The zero-order chi connectivity index (χ0) is 16.4. The Morgan fingerprint density at radius 2 is 1.78 bits per heavy atom. The number of halogens is 2. The SMILES string of the molecule is COc1ccc(Br)c(C(=O)Nc2cc3c(cc2Br)OCCO3)c1. The Labute approximate surface area is 150 Å². The number of amides is 1. The average molecular weight is 443 g/mol. The summed E-state index contributed by atoms with van der Waals surface area (Å²) in [6, 6.07) is 8.74. The minimum atomic E-state index is -0.256. The third kappa shape index (κ3) is 3.45. The van der Waals surface area contributed by atoms with Gasteiger partial charge in [0.05, 0.1) is 18.4 Å². The van der Waals surface area contributed by atoms with Gasteiger partial charge < -0.3 is 19.5 Å². The van der Waals surface area contributed by atoms with Crippen LogP contribution < -0.4 is 19.5 Å². The van der Waals surface area contributed by atoms with Gasteiger partial charge in [-0.25, -0.2) is 0 Å². The van der Waals surface area contributed by atoms with E-state index in [0.29, 0.717) is 50.7 Å². The molecule has 0 unspecified atom stereocenters. The van der Waals surface area contributed by atoms with Gasteiger partial charge >= 0.3 is 0 Å². The Morgan fingerprint density at radius 1 is 1.09 bits per heavy atom. The van der Waals surface area contributed by atoms with Gasteiger partial charge in [-0.15, -0.1) is 0 Å². The molecule has 0 saturated heterocycles. The number of fused-ring (bicyclic) bond motifs is 1. The molecule has 2 aromatic rings. The van der Waals surface area contributed by atoms with Crippen LogP contribution in [0.2, 0.25) is 0 Å². The van der Waals surface area contributed by atoms with Gasteiger partial charge in [-0.2, -0.15) is 0 Å². The highest BCUT2D eigenvalue weighted by Crippen LogP contribution is 2.38. The molecule has 0 fully saturated rings. The van der Waals surface area contributed by atoms with Crippen LogP contribution in [0.1, 0.15) is 10.4 Å². The second-order valence-corrected chi connectivity index (χ2v) is 6.48. The average Bonchev–Trinajstić information content (AvgIpc) is 2.56. The lowest BCUT2D eigenvalue weighted by atomic mass is 10.2. The lowest BCUT2D eigenvalue weighted by Crippen LogP contribution is -2.17.